The predicted octanol–water partition coefficient (Wildman–Crippen LogP) is 5.89. The van der Waals surface area contributed by atoms with Crippen LogP contribution in [-0.4, -0.2) is 23.2 Å². The third kappa shape index (κ3) is 4.01. The Balaban J connectivity index is 2.62. The van der Waals surface area contributed by atoms with Crippen LogP contribution in [0.4, 0.5) is 0 Å². The first-order valence-electron chi connectivity index (χ1n) is 7.88. The van der Waals surface area contributed by atoms with Crippen molar-refractivity contribution in [2.45, 2.75) is 4.75 Å². The lowest BCUT2D eigenvalue weighted by Gasteiger charge is -2.33. The fraction of sp³-hybridized carbons (Fsp3) is 0.0526. The highest BCUT2D eigenvalue weighted by Crippen LogP contribution is 2.49. The number of phenols is 2. The Morgan fingerprint density at radius 2 is 1.17 bits per heavy atom. The van der Waals surface area contributed by atoms with Gasteiger partial charge in [-0.3, -0.25) is 4.55 Å². The molecular weight excluding hydrogens is 482 g/mol. The average Bonchev–Trinajstić information content (AvgIpc) is 2.55. The first-order chi connectivity index (χ1) is 13.4. The highest BCUT2D eigenvalue weighted by molar-refractivity contribution is 7.87. The van der Waals surface area contributed by atoms with Gasteiger partial charge in [-0.25, -0.2) is 0 Å². The molecule has 3 N–H and O–H groups in total. The van der Waals surface area contributed by atoms with Gasteiger partial charge in [-0.2, -0.15) is 8.42 Å². The van der Waals surface area contributed by atoms with Crippen molar-refractivity contribution in [2.75, 3.05) is 0 Å². The molecule has 3 aromatic rings. The molecule has 0 aliphatic carbocycles. The standard InChI is InChI=1S/C19H12Cl4O5S/c20-12-1-2-18(23)17(9-12)19(29(26,27)28,10-3-13(21)7-15(24)5-10)11-4-14(22)8-16(25)6-11/h1-9,24-25H,(H,26,27,28). The molecule has 0 atom stereocenters. The van der Waals surface area contributed by atoms with Crippen LogP contribution in [0.15, 0.2) is 54.6 Å². The van der Waals surface area contributed by atoms with E-state index in [1.807, 2.05) is 0 Å². The minimum Gasteiger partial charge on any atom is -0.508 e. The Morgan fingerprint density at radius 3 is 1.59 bits per heavy atom. The van der Waals surface area contributed by atoms with E-state index in [1.54, 1.807) is 0 Å². The topological polar surface area (TPSA) is 94.8 Å². The molecule has 0 radical (unpaired) electrons. The van der Waals surface area contributed by atoms with E-state index in [4.69, 9.17) is 46.4 Å². The maximum absolute atomic E-state index is 13.0. The summed E-state index contributed by atoms with van der Waals surface area (Å²) in [6.45, 7) is 0. The minimum atomic E-state index is -5.07. The lowest BCUT2D eigenvalue weighted by Crippen LogP contribution is -2.38. The Hall–Kier alpha value is -1.67. The Kier molecular flexibility index (Phi) is 5.98. The second kappa shape index (κ2) is 7.87. The summed E-state index contributed by atoms with van der Waals surface area (Å²) in [7, 11) is -5.07. The molecule has 3 aromatic carbocycles. The second-order valence-corrected chi connectivity index (χ2v) is 9.46. The fourth-order valence-corrected chi connectivity index (χ4v) is 5.46. The Labute approximate surface area is 186 Å². The van der Waals surface area contributed by atoms with Crippen LogP contribution < -0.4 is 0 Å². The number of hydrogen-bond acceptors (Lipinski definition) is 4. The van der Waals surface area contributed by atoms with E-state index in [0.717, 1.165) is 12.1 Å². The second-order valence-electron chi connectivity index (χ2n) is 6.18. The van der Waals surface area contributed by atoms with Crippen molar-refractivity contribution in [1.29, 1.82) is 0 Å². The molecule has 5 nitrogen and oxygen atoms in total. The summed E-state index contributed by atoms with van der Waals surface area (Å²) in [5.74, 6) is -0.713. The van der Waals surface area contributed by atoms with Crippen molar-refractivity contribution < 1.29 is 23.2 Å². The average molecular weight is 494 g/mol. The molecule has 0 unspecified atom stereocenters. The summed E-state index contributed by atoms with van der Waals surface area (Å²) in [6, 6.07) is 11.1. The van der Waals surface area contributed by atoms with Crippen molar-refractivity contribution in [2.24, 2.45) is 0 Å². The smallest absolute Gasteiger partial charge is 0.283 e. The van der Waals surface area contributed by atoms with Gasteiger partial charge >= 0.3 is 0 Å². The molecule has 0 amide bonds. The van der Waals surface area contributed by atoms with Crippen LogP contribution in [0.3, 0.4) is 0 Å². The van der Waals surface area contributed by atoms with Gasteiger partial charge in [0, 0.05) is 25.7 Å². The largest absolute Gasteiger partial charge is 0.508 e. The van der Waals surface area contributed by atoms with Crippen LogP contribution in [0, 0.1) is 0 Å². The molecule has 0 aromatic heterocycles. The van der Waals surface area contributed by atoms with Crippen LogP contribution in [0.1, 0.15) is 16.7 Å². The number of halogens is 4. The monoisotopic (exact) mass is 492 g/mol. The van der Waals surface area contributed by atoms with Crippen LogP contribution in [0.5, 0.6) is 11.5 Å². The summed E-state index contributed by atoms with van der Waals surface area (Å²) < 4.78 is 34.0. The van der Waals surface area contributed by atoms with Crippen molar-refractivity contribution >= 4 is 56.5 Å². The highest BCUT2D eigenvalue weighted by Gasteiger charge is 2.50. The number of aromatic hydroxyl groups is 2. The third-order valence-corrected chi connectivity index (χ3v) is 6.74. The molecule has 0 aliphatic heterocycles. The first-order valence-corrected chi connectivity index (χ1v) is 10.8. The van der Waals surface area contributed by atoms with Gasteiger partial charge < -0.3 is 10.2 Å². The van der Waals surface area contributed by atoms with Crippen LogP contribution in [-0.2, 0) is 14.9 Å². The Morgan fingerprint density at radius 1 is 0.690 bits per heavy atom. The van der Waals surface area contributed by atoms with E-state index >= 15 is 0 Å². The summed E-state index contributed by atoms with van der Waals surface area (Å²) in [4.78, 5) is 0. The van der Waals surface area contributed by atoms with Gasteiger partial charge in [0.1, 0.15) is 11.5 Å². The number of rotatable bonds is 4. The van der Waals surface area contributed by atoms with E-state index in [1.165, 1.54) is 42.5 Å². The fourth-order valence-electron chi connectivity index (χ4n) is 3.24. The molecule has 0 saturated heterocycles. The molecule has 0 spiro atoms. The maximum Gasteiger partial charge on any atom is 0.283 e. The van der Waals surface area contributed by atoms with E-state index < -0.39 is 14.9 Å². The van der Waals surface area contributed by atoms with Crippen molar-refractivity contribution in [3.63, 3.8) is 0 Å². The van der Waals surface area contributed by atoms with E-state index in [9.17, 15) is 23.2 Å². The predicted molar refractivity (Wildman–Crippen MR) is 114 cm³/mol. The molecule has 10 heteroatoms. The first kappa shape index (κ1) is 22.0. The lowest BCUT2D eigenvalue weighted by atomic mass is 9.83. The van der Waals surface area contributed by atoms with Gasteiger partial charge in [-0.05, 0) is 65.7 Å². The number of phenolic OH excluding ortho intramolecular Hbond substituents is 2. The van der Waals surface area contributed by atoms with Gasteiger partial charge in [0.25, 0.3) is 10.1 Å². The summed E-state index contributed by atoms with van der Waals surface area (Å²) >= 11 is 24.5. The molecule has 0 saturated carbocycles. The maximum atomic E-state index is 13.0. The van der Waals surface area contributed by atoms with Gasteiger partial charge in [0.15, 0.2) is 4.75 Å². The molecule has 0 bridgehead atoms. The normalized spacial score (nSPS) is 12.2. The van der Waals surface area contributed by atoms with Crippen molar-refractivity contribution in [1.82, 2.24) is 0 Å². The van der Waals surface area contributed by atoms with Crippen LogP contribution in [0.25, 0.3) is 0 Å². The molecule has 3 rings (SSSR count). The molecule has 0 fully saturated rings. The van der Waals surface area contributed by atoms with Crippen LogP contribution >= 0.6 is 46.4 Å². The molecular formula is C19H12Cl4O5S. The molecule has 0 heterocycles. The van der Waals surface area contributed by atoms with Crippen LogP contribution in [0.2, 0.25) is 20.1 Å². The van der Waals surface area contributed by atoms with E-state index in [0.29, 0.717) is 0 Å². The molecule has 0 aliphatic rings. The minimum absolute atomic E-state index is 0.00238. The van der Waals surface area contributed by atoms with E-state index in [-0.39, 0.29) is 48.3 Å². The zero-order valence-corrected chi connectivity index (χ0v) is 18.1. The van der Waals surface area contributed by atoms with Gasteiger partial charge in [-0.1, -0.05) is 46.4 Å². The molecule has 29 heavy (non-hydrogen) atoms. The lowest BCUT2D eigenvalue weighted by molar-refractivity contribution is 0.455. The van der Waals surface area contributed by atoms with Crippen molar-refractivity contribution in [3.8, 4) is 11.5 Å². The van der Waals surface area contributed by atoms with Gasteiger partial charge in [0.05, 0.1) is 0 Å². The highest BCUT2D eigenvalue weighted by atomic mass is 35.5. The summed E-state index contributed by atoms with van der Waals surface area (Å²) in [6.07, 6.45) is 0. The van der Waals surface area contributed by atoms with Gasteiger partial charge in [0.2, 0.25) is 0 Å². The number of hydrogen-bond donors (Lipinski definition) is 3. The molecule has 152 valence electrons. The summed E-state index contributed by atoms with van der Waals surface area (Å²) in [5, 5.41) is 20.2. The Bertz CT molecular complexity index is 1120. The third-order valence-electron chi connectivity index (χ3n) is 4.27. The quantitative estimate of drug-likeness (QED) is 0.311. The zero-order chi connectivity index (χ0) is 21.6. The zero-order valence-electron chi connectivity index (χ0n) is 14.3. The number of benzene rings is 3. The SMILES string of the molecule is O=S(=O)(O)C(c1cc(O)cc(Cl)c1)(c1cc(O)cc(Cl)c1)c1cc(Cl)ccc1Cl. The van der Waals surface area contributed by atoms with Gasteiger partial charge in [-0.15, -0.1) is 0 Å². The van der Waals surface area contributed by atoms with Crippen molar-refractivity contribution in [3.05, 3.63) is 91.4 Å². The van der Waals surface area contributed by atoms with E-state index in [2.05, 4.69) is 0 Å². The summed E-state index contributed by atoms with van der Waals surface area (Å²) in [5.41, 5.74) is -0.413.